The largest absolute Gasteiger partial charge is 0.481 e. The van der Waals surface area contributed by atoms with Gasteiger partial charge in [0, 0.05) is 24.2 Å². The number of hydrogen-bond donors (Lipinski definition) is 5. The molecule has 0 unspecified atom stereocenters. The first-order valence-corrected chi connectivity index (χ1v) is 8.84. The Morgan fingerprint density at radius 2 is 1.80 bits per heavy atom. The second kappa shape index (κ2) is 9.49. The molecule has 1 atom stereocenters. The predicted molar refractivity (Wildman–Crippen MR) is 102 cm³/mol. The van der Waals surface area contributed by atoms with Gasteiger partial charge in [0.05, 0.1) is 13.0 Å². The molecule has 1 aromatic rings. The van der Waals surface area contributed by atoms with Gasteiger partial charge < -0.3 is 31.1 Å². The minimum absolute atomic E-state index is 0.0640. The summed E-state index contributed by atoms with van der Waals surface area (Å²) in [5, 5.41) is 27.7. The number of carboxylic acids is 2. The van der Waals surface area contributed by atoms with E-state index in [4.69, 9.17) is 21.4 Å². The third-order valence-corrected chi connectivity index (χ3v) is 4.43. The van der Waals surface area contributed by atoms with E-state index in [1.807, 2.05) is 0 Å². The third kappa shape index (κ3) is 5.53. The van der Waals surface area contributed by atoms with E-state index in [0.29, 0.717) is 5.56 Å². The second-order valence-electron chi connectivity index (χ2n) is 6.53. The standard InChI is InChI=1S/C18H21N5O7/c19-16(20)10-2-1-3-11(6-10)17(29)21-8-13(24)23-5-4-22(9-15(27)28)18(30)12(23)7-14(25)26/h1-3,6,12H,4-5,7-9H2,(H3,19,20)(H,21,29)(H,25,26)(H,27,28)/t12-/m0/s1. The number of rotatable bonds is 8. The smallest absolute Gasteiger partial charge is 0.323 e. The highest BCUT2D eigenvalue weighted by Gasteiger charge is 2.39. The highest BCUT2D eigenvalue weighted by atomic mass is 16.4. The van der Waals surface area contributed by atoms with E-state index < -0.39 is 55.2 Å². The van der Waals surface area contributed by atoms with E-state index in [0.717, 1.165) is 9.80 Å². The van der Waals surface area contributed by atoms with Crippen molar-refractivity contribution in [2.75, 3.05) is 26.2 Å². The number of hydrogen-bond acceptors (Lipinski definition) is 6. The zero-order valence-corrected chi connectivity index (χ0v) is 15.8. The van der Waals surface area contributed by atoms with Crippen LogP contribution in [-0.2, 0) is 19.2 Å². The summed E-state index contributed by atoms with van der Waals surface area (Å²) in [6.07, 6.45) is -0.685. The number of aliphatic carboxylic acids is 2. The molecule has 3 amide bonds. The summed E-state index contributed by atoms with van der Waals surface area (Å²) in [5.74, 6) is -4.88. The Hall–Kier alpha value is -3.96. The molecule has 30 heavy (non-hydrogen) atoms. The van der Waals surface area contributed by atoms with Crippen molar-refractivity contribution in [1.29, 1.82) is 5.41 Å². The Kier molecular flexibility index (Phi) is 7.07. The molecule has 0 aromatic heterocycles. The fourth-order valence-corrected chi connectivity index (χ4v) is 3.01. The summed E-state index contributed by atoms with van der Waals surface area (Å²) in [7, 11) is 0. The number of piperazine rings is 1. The number of amidine groups is 1. The van der Waals surface area contributed by atoms with Crippen LogP contribution in [0.3, 0.4) is 0 Å². The zero-order valence-electron chi connectivity index (χ0n) is 15.8. The fourth-order valence-electron chi connectivity index (χ4n) is 3.01. The highest BCUT2D eigenvalue weighted by molar-refractivity contribution is 6.01. The average molecular weight is 419 g/mol. The van der Waals surface area contributed by atoms with Crippen LogP contribution in [0, 0.1) is 5.41 Å². The molecular formula is C18H21N5O7. The van der Waals surface area contributed by atoms with Crippen LogP contribution in [0.1, 0.15) is 22.3 Å². The molecule has 0 spiro atoms. The molecule has 0 bridgehead atoms. The van der Waals surface area contributed by atoms with Gasteiger partial charge in [0.15, 0.2) is 0 Å². The van der Waals surface area contributed by atoms with Crippen LogP contribution < -0.4 is 11.1 Å². The first-order chi connectivity index (χ1) is 14.1. The maximum absolute atomic E-state index is 12.6. The van der Waals surface area contributed by atoms with Crippen LogP contribution in [0.5, 0.6) is 0 Å². The summed E-state index contributed by atoms with van der Waals surface area (Å²) in [5.41, 5.74) is 5.88. The van der Waals surface area contributed by atoms with Gasteiger partial charge in [-0.25, -0.2) is 0 Å². The van der Waals surface area contributed by atoms with Gasteiger partial charge in [-0.15, -0.1) is 0 Å². The van der Waals surface area contributed by atoms with E-state index in [1.165, 1.54) is 18.2 Å². The van der Waals surface area contributed by atoms with Crippen molar-refractivity contribution in [3.63, 3.8) is 0 Å². The summed E-state index contributed by atoms with van der Waals surface area (Å²) in [4.78, 5) is 61.3. The minimum Gasteiger partial charge on any atom is -0.481 e. The number of carbonyl (C=O) groups is 5. The second-order valence-corrected chi connectivity index (χ2v) is 6.53. The van der Waals surface area contributed by atoms with Gasteiger partial charge in [-0.3, -0.25) is 29.4 Å². The first kappa shape index (κ1) is 22.3. The summed E-state index contributed by atoms with van der Waals surface area (Å²) in [6, 6.07) is 4.55. The predicted octanol–water partition coefficient (Wildman–Crippen LogP) is -1.70. The molecule has 12 heteroatoms. The first-order valence-electron chi connectivity index (χ1n) is 8.84. The van der Waals surface area contributed by atoms with E-state index in [9.17, 15) is 24.0 Å². The van der Waals surface area contributed by atoms with E-state index in [-0.39, 0.29) is 24.5 Å². The quantitative estimate of drug-likeness (QED) is 0.243. The highest BCUT2D eigenvalue weighted by Crippen LogP contribution is 2.15. The molecule has 6 N–H and O–H groups in total. The van der Waals surface area contributed by atoms with Crippen LogP contribution >= 0.6 is 0 Å². The van der Waals surface area contributed by atoms with Crippen LogP contribution in [-0.4, -0.2) is 87.7 Å². The van der Waals surface area contributed by atoms with Crippen molar-refractivity contribution >= 4 is 35.5 Å². The Morgan fingerprint density at radius 3 is 2.40 bits per heavy atom. The Labute approximate surface area is 170 Å². The molecule has 0 radical (unpaired) electrons. The molecule has 1 aliphatic heterocycles. The molecule has 1 heterocycles. The number of benzene rings is 1. The lowest BCUT2D eigenvalue weighted by molar-refractivity contribution is -0.157. The number of nitrogens with zero attached hydrogens (tertiary/aromatic N) is 2. The van der Waals surface area contributed by atoms with Crippen molar-refractivity contribution in [1.82, 2.24) is 15.1 Å². The van der Waals surface area contributed by atoms with Gasteiger partial charge in [-0.2, -0.15) is 0 Å². The van der Waals surface area contributed by atoms with E-state index >= 15 is 0 Å². The summed E-state index contributed by atoms with van der Waals surface area (Å²) < 4.78 is 0. The number of amides is 3. The van der Waals surface area contributed by atoms with Gasteiger partial charge in [-0.1, -0.05) is 12.1 Å². The maximum atomic E-state index is 12.6. The Morgan fingerprint density at radius 1 is 1.13 bits per heavy atom. The van der Waals surface area contributed by atoms with Gasteiger partial charge in [-0.05, 0) is 12.1 Å². The molecule has 1 aromatic carbocycles. The lowest BCUT2D eigenvalue weighted by Gasteiger charge is -2.39. The molecule has 0 saturated carbocycles. The van der Waals surface area contributed by atoms with Crippen LogP contribution in [0.25, 0.3) is 0 Å². The van der Waals surface area contributed by atoms with Gasteiger partial charge in [0.1, 0.15) is 18.4 Å². The molecule has 1 aliphatic rings. The number of carbonyl (C=O) groups excluding carboxylic acids is 3. The number of carboxylic acid groups (broad SMARTS) is 2. The van der Waals surface area contributed by atoms with Crippen LogP contribution in [0.15, 0.2) is 24.3 Å². The molecule has 1 saturated heterocycles. The van der Waals surface area contributed by atoms with Crippen molar-refractivity contribution < 1.29 is 34.2 Å². The zero-order chi connectivity index (χ0) is 22.4. The molecule has 0 aliphatic carbocycles. The van der Waals surface area contributed by atoms with Gasteiger partial charge in [0.25, 0.3) is 5.91 Å². The fraction of sp³-hybridized carbons (Fsp3) is 0.333. The third-order valence-electron chi connectivity index (χ3n) is 4.43. The summed E-state index contributed by atoms with van der Waals surface area (Å²) >= 11 is 0. The average Bonchev–Trinajstić information content (AvgIpc) is 2.68. The Balaban J connectivity index is 2.07. The SMILES string of the molecule is N=C(N)c1cccc(C(=O)NCC(=O)N2CCN(CC(=O)O)C(=O)[C@@H]2CC(=O)O)c1. The molecule has 1 fully saturated rings. The molecule has 12 nitrogen and oxygen atoms in total. The number of nitrogens with two attached hydrogens (primary N) is 1. The Bertz CT molecular complexity index is 901. The van der Waals surface area contributed by atoms with Crippen molar-refractivity contribution in [2.24, 2.45) is 5.73 Å². The topological polar surface area (TPSA) is 194 Å². The van der Waals surface area contributed by atoms with Crippen molar-refractivity contribution in [3.8, 4) is 0 Å². The molecule has 2 rings (SSSR count). The lowest BCUT2D eigenvalue weighted by atomic mass is 10.1. The molecular weight excluding hydrogens is 398 g/mol. The summed E-state index contributed by atoms with van der Waals surface area (Å²) in [6.45, 7) is -1.22. The molecule has 160 valence electrons. The van der Waals surface area contributed by atoms with Crippen LogP contribution in [0.2, 0.25) is 0 Å². The lowest BCUT2D eigenvalue weighted by Crippen LogP contribution is -2.61. The normalized spacial score (nSPS) is 16.1. The maximum Gasteiger partial charge on any atom is 0.323 e. The number of nitrogens with one attached hydrogen (secondary N) is 2. The number of nitrogen functional groups attached to an aromatic ring is 1. The van der Waals surface area contributed by atoms with Crippen LogP contribution in [0.4, 0.5) is 0 Å². The van der Waals surface area contributed by atoms with E-state index in [2.05, 4.69) is 5.32 Å². The van der Waals surface area contributed by atoms with Gasteiger partial charge in [0.2, 0.25) is 11.8 Å². The van der Waals surface area contributed by atoms with Crippen molar-refractivity contribution in [2.45, 2.75) is 12.5 Å². The van der Waals surface area contributed by atoms with Crippen molar-refractivity contribution in [3.05, 3.63) is 35.4 Å². The van der Waals surface area contributed by atoms with E-state index in [1.54, 1.807) is 6.07 Å². The monoisotopic (exact) mass is 419 g/mol. The minimum atomic E-state index is -1.36. The van der Waals surface area contributed by atoms with Gasteiger partial charge >= 0.3 is 11.9 Å².